The van der Waals surface area contributed by atoms with Crippen LogP contribution >= 0.6 is 0 Å². The lowest BCUT2D eigenvalue weighted by Crippen LogP contribution is -2.40. The van der Waals surface area contributed by atoms with Crippen LogP contribution in [0.25, 0.3) is 0 Å². The molecule has 0 aliphatic carbocycles. The molecule has 0 fully saturated rings. The molecule has 2 N–H and O–H groups in total. The summed E-state index contributed by atoms with van der Waals surface area (Å²) >= 11 is 0. The van der Waals surface area contributed by atoms with E-state index in [0.29, 0.717) is 0 Å². The maximum atomic E-state index is 12.4. The van der Waals surface area contributed by atoms with E-state index in [1.165, 1.54) is 31.0 Å². The largest absolute Gasteiger partial charge is 0.480 e. The zero-order chi connectivity index (χ0) is 17.8. The van der Waals surface area contributed by atoms with Crippen molar-refractivity contribution in [3.8, 4) is 0 Å². The average molecular weight is 350 g/mol. The molecule has 0 heterocycles. The van der Waals surface area contributed by atoms with Gasteiger partial charge in [-0.1, -0.05) is 0 Å². The molecule has 0 saturated carbocycles. The molecule has 1 rings (SSSR count). The van der Waals surface area contributed by atoms with Gasteiger partial charge >= 0.3 is 11.7 Å². The second-order valence-corrected chi connectivity index (χ2v) is 6.73. The maximum Gasteiger partial charge on any atom is 0.341 e. The van der Waals surface area contributed by atoms with E-state index in [4.69, 9.17) is 5.11 Å². The van der Waals surface area contributed by atoms with Crippen LogP contribution in [0, 0.1) is 0 Å². The van der Waals surface area contributed by atoms with Gasteiger partial charge in [-0.3, -0.25) is 14.5 Å². The number of aliphatic carboxylic acids is 1. The second kappa shape index (κ2) is 7.47. The van der Waals surface area contributed by atoms with Gasteiger partial charge in [0.2, 0.25) is 15.7 Å². The van der Waals surface area contributed by atoms with Crippen LogP contribution in [0.5, 0.6) is 0 Å². The third-order valence-corrected chi connectivity index (χ3v) is 4.51. The van der Waals surface area contributed by atoms with Gasteiger partial charge in [-0.2, -0.15) is 8.78 Å². The van der Waals surface area contributed by atoms with Crippen LogP contribution in [0.4, 0.5) is 14.5 Å². The van der Waals surface area contributed by atoms with Crippen LogP contribution in [0.1, 0.15) is 6.92 Å². The molecular formula is C13H16F2N2O5S. The number of carboxylic acids is 1. The third-order valence-electron chi connectivity index (χ3n) is 3.11. The van der Waals surface area contributed by atoms with Gasteiger partial charge < -0.3 is 10.4 Å². The van der Waals surface area contributed by atoms with Gasteiger partial charge in [-0.15, -0.1) is 0 Å². The number of carbonyl (C=O) groups is 2. The molecule has 0 aromatic heterocycles. The highest BCUT2D eigenvalue weighted by atomic mass is 32.2. The lowest BCUT2D eigenvalue weighted by molar-refractivity contribution is -0.142. The van der Waals surface area contributed by atoms with E-state index in [9.17, 15) is 26.8 Å². The fourth-order valence-electron chi connectivity index (χ4n) is 1.58. The fourth-order valence-corrected chi connectivity index (χ4v) is 2.30. The van der Waals surface area contributed by atoms with Gasteiger partial charge in [0.1, 0.15) is 6.04 Å². The predicted octanol–water partition coefficient (Wildman–Crippen LogP) is 1.03. The smallest absolute Gasteiger partial charge is 0.341 e. The highest BCUT2D eigenvalue weighted by Gasteiger charge is 2.26. The van der Waals surface area contributed by atoms with Crippen LogP contribution in [0.15, 0.2) is 29.2 Å². The topological polar surface area (TPSA) is 104 Å². The Hall–Kier alpha value is -2.07. The van der Waals surface area contributed by atoms with E-state index in [-0.39, 0.29) is 12.2 Å². The Morgan fingerprint density at radius 2 is 1.78 bits per heavy atom. The van der Waals surface area contributed by atoms with Crippen LogP contribution < -0.4 is 5.32 Å². The van der Waals surface area contributed by atoms with E-state index < -0.39 is 38.4 Å². The first kappa shape index (κ1) is 19.0. The normalized spacial score (nSPS) is 13.1. The van der Waals surface area contributed by atoms with Crippen LogP contribution in [-0.4, -0.2) is 55.7 Å². The number of nitrogens with one attached hydrogen (secondary N) is 1. The minimum atomic E-state index is -4.68. The Kier molecular flexibility index (Phi) is 6.16. The number of amides is 1. The van der Waals surface area contributed by atoms with Crippen molar-refractivity contribution in [1.29, 1.82) is 0 Å². The first-order valence-electron chi connectivity index (χ1n) is 6.40. The van der Waals surface area contributed by atoms with E-state index >= 15 is 0 Å². The molecule has 0 radical (unpaired) electrons. The number of anilines is 1. The molecule has 0 spiro atoms. The summed E-state index contributed by atoms with van der Waals surface area (Å²) in [5.41, 5.74) is 0.208. The Bertz CT molecular complexity index is 676. The predicted molar refractivity (Wildman–Crippen MR) is 78.0 cm³/mol. The quantitative estimate of drug-likeness (QED) is 0.761. The fraction of sp³-hybridized carbons (Fsp3) is 0.385. The number of sulfone groups is 1. The lowest BCUT2D eigenvalue weighted by atomic mass is 10.3. The molecule has 128 valence electrons. The first-order valence-corrected chi connectivity index (χ1v) is 7.95. The lowest BCUT2D eigenvalue weighted by Gasteiger charge is -2.20. The Morgan fingerprint density at radius 3 is 2.22 bits per heavy atom. The summed E-state index contributed by atoms with van der Waals surface area (Å²) < 4.78 is 47.3. The molecule has 10 heteroatoms. The molecule has 0 aliphatic rings. The molecule has 1 aromatic carbocycles. The molecule has 1 atom stereocenters. The molecule has 0 aliphatic heterocycles. The number of hydrogen-bond acceptors (Lipinski definition) is 5. The summed E-state index contributed by atoms with van der Waals surface area (Å²) in [6, 6.07) is 3.41. The van der Waals surface area contributed by atoms with Crippen molar-refractivity contribution >= 4 is 27.4 Å². The zero-order valence-corrected chi connectivity index (χ0v) is 13.2. The second-order valence-electron chi connectivity index (χ2n) is 4.81. The summed E-state index contributed by atoms with van der Waals surface area (Å²) in [6.07, 6.45) is 0. The zero-order valence-electron chi connectivity index (χ0n) is 12.4. The Balaban J connectivity index is 2.72. The summed E-state index contributed by atoms with van der Waals surface area (Å²) in [5.74, 6) is -5.12. The van der Waals surface area contributed by atoms with Crippen molar-refractivity contribution in [2.45, 2.75) is 23.6 Å². The number of benzene rings is 1. The highest BCUT2D eigenvalue weighted by molar-refractivity contribution is 7.91. The first-order chi connectivity index (χ1) is 10.6. The number of likely N-dealkylation sites (N-methyl/N-ethyl adjacent to an activating group) is 1. The summed E-state index contributed by atoms with van der Waals surface area (Å²) in [7, 11) is -3.23. The molecular weight excluding hydrogens is 334 g/mol. The number of halogens is 2. The molecule has 1 aromatic rings. The van der Waals surface area contributed by atoms with Crippen molar-refractivity contribution in [3.05, 3.63) is 24.3 Å². The number of rotatable bonds is 7. The van der Waals surface area contributed by atoms with Gasteiger partial charge in [0.25, 0.3) is 0 Å². The molecule has 7 nitrogen and oxygen atoms in total. The highest BCUT2D eigenvalue weighted by Crippen LogP contribution is 2.20. The number of carbonyl (C=O) groups excluding carboxylic acids is 1. The summed E-state index contributed by atoms with van der Waals surface area (Å²) in [6.45, 7) is 1.21. The number of carboxylic acid groups (broad SMARTS) is 1. The van der Waals surface area contributed by atoms with E-state index in [2.05, 4.69) is 5.32 Å². The van der Waals surface area contributed by atoms with Crippen LogP contribution in [0.3, 0.4) is 0 Å². The van der Waals surface area contributed by atoms with Crippen molar-refractivity contribution in [2.75, 3.05) is 18.9 Å². The number of alkyl halides is 2. The molecule has 0 bridgehead atoms. The molecule has 1 amide bonds. The van der Waals surface area contributed by atoms with Gasteiger partial charge in [0.15, 0.2) is 0 Å². The minimum Gasteiger partial charge on any atom is -0.480 e. The maximum absolute atomic E-state index is 12.4. The molecule has 0 saturated heterocycles. The number of nitrogens with zero attached hydrogens (tertiary/aromatic N) is 1. The van der Waals surface area contributed by atoms with E-state index in [1.54, 1.807) is 0 Å². The molecule has 1 unspecified atom stereocenters. The van der Waals surface area contributed by atoms with Crippen molar-refractivity contribution in [1.82, 2.24) is 4.90 Å². The Morgan fingerprint density at radius 1 is 1.26 bits per heavy atom. The van der Waals surface area contributed by atoms with Gasteiger partial charge in [0, 0.05) is 5.69 Å². The minimum absolute atomic E-state index is 0.204. The van der Waals surface area contributed by atoms with Gasteiger partial charge in [-0.25, -0.2) is 8.42 Å². The van der Waals surface area contributed by atoms with E-state index in [0.717, 1.165) is 12.1 Å². The van der Waals surface area contributed by atoms with Crippen molar-refractivity contribution in [3.63, 3.8) is 0 Å². The average Bonchev–Trinajstić information content (AvgIpc) is 2.46. The number of hydrogen-bond donors (Lipinski definition) is 2. The van der Waals surface area contributed by atoms with Crippen LogP contribution in [-0.2, 0) is 19.4 Å². The monoisotopic (exact) mass is 350 g/mol. The third kappa shape index (κ3) is 4.96. The molecule has 23 heavy (non-hydrogen) atoms. The van der Waals surface area contributed by atoms with E-state index in [1.807, 2.05) is 0 Å². The SMILES string of the molecule is CC(C(=O)O)N(C)CC(=O)Nc1ccc(S(=O)(=O)C(F)F)cc1. The van der Waals surface area contributed by atoms with Crippen molar-refractivity contribution in [2.24, 2.45) is 0 Å². The Labute approximate surface area is 131 Å². The summed E-state index contributed by atoms with van der Waals surface area (Å²) in [5, 5.41) is 11.2. The van der Waals surface area contributed by atoms with Crippen molar-refractivity contribution < 1.29 is 31.9 Å². The van der Waals surface area contributed by atoms with Crippen LogP contribution in [0.2, 0.25) is 0 Å². The van der Waals surface area contributed by atoms with Gasteiger partial charge in [-0.05, 0) is 38.2 Å². The standard InChI is InChI=1S/C13H16F2N2O5S/c1-8(12(19)20)17(2)7-11(18)16-9-3-5-10(6-4-9)23(21,22)13(14)15/h3-6,8,13H,7H2,1-2H3,(H,16,18)(H,19,20). The van der Waals surface area contributed by atoms with Gasteiger partial charge in [0.05, 0.1) is 11.4 Å². The summed E-state index contributed by atoms with van der Waals surface area (Å²) in [4.78, 5) is 23.3.